The average Bonchev–Trinajstić information content (AvgIpc) is 2.88. The molecule has 0 bridgehead atoms. The molecule has 0 aliphatic carbocycles. The number of amides is 1. The number of nitriles is 1. The van der Waals surface area contributed by atoms with Gasteiger partial charge in [-0.05, 0) is 68.0 Å². The van der Waals surface area contributed by atoms with Gasteiger partial charge in [0.1, 0.15) is 17.6 Å². The van der Waals surface area contributed by atoms with Crippen LogP contribution >= 0.6 is 35.0 Å². The third-order valence-corrected chi connectivity index (χ3v) is 7.02. The summed E-state index contributed by atoms with van der Waals surface area (Å²) in [5.41, 5.74) is 6.87. The minimum atomic E-state index is -0.188. The number of hydrogen-bond acceptors (Lipinski definition) is 10. The van der Waals surface area contributed by atoms with E-state index in [2.05, 4.69) is 25.6 Å². The second-order valence-corrected chi connectivity index (χ2v) is 9.80. The summed E-state index contributed by atoms with van der Waals surface area (Å²) in [4.78, 5) is 26.3. The van der Waals surface area contributed by atoms with Gasteiger partial charge >= 0.3 is 0 Å². The van der Waals surface area contributed by atoms with Gasteiger partial charge in [0.15, 0.2) is 17.6 Å². The molecular formula is C24H23Cl2N7O3S. The van der Waals surface area contributed by atoms with Crippen LogP contribution in [0.25, 0.3) is 11.4 Å². The van der Waals surface area contributed by atoms with Gasteiger partial charge in [0, 0.05) is 17.2 Å². The van der Waals surface area contributed by atoms with Gasteiger partial charge in [-0.25, -0.2) is 4.98 Å². The van der Waals surface area contributed by atoms with Crippen molar-refractivity contribution in [1.82, 2.24) is 25.6 Å². The van der Waals surface area contributed by atoms with Gasteiger partial charge in [0.05, 0.1) is 22.1 Å². The van der Waals surface area contributed by atoms with Crippen LogP contribution in [0.3, 0.4) is 0 Å². The quantitative estimate of drug-likeness (QED) is 0.370. The number of piperidine rings is 1. The van der Waals surface area contributed by atoms with Gasteiger partial charge in [-0.1, -0.05) is 23.2 Å². The fraction of sp³-hybridized carbons (Fsp3) is 0.292. The van der Waals surface area contributed by atoms with Crippen molar-refractivity contribution in [3.63, 3.8) is 0 Å². The number of nitrogen functional groups attached to an aromatic ring is 1. The van der Waals surface area contributed by atoms with Gasteiger partial charge in [-0.15, -0.1) is 0 Å². The highest BCUT2D eigenvalue weighted by molar-refractivity contribution is 7.99. The van der Waals surface area contributed by atoms with Crippen LogP contribution in [0, 0.1) is 11.3 Å². The zero-order valence-corrected chi connectivity index (χ0v) is 22.1. The Balaban J connectivity index is 1.58. The highest BCUT2D eigenvalue weighted by atomic mass is 35.5. The number of hydrogen-bond donors (Lipinski definition) is 3. The number of nitrogens with two attached hydrogens (primary N) is 1. The van der Waals surface area contributed by atoms with Crippen LogP contribution in [0.15, 0.2) is 40.4 Å². The molecule has 1 aliphatic rings. The molecule has 192 valence electrons. The first-order valence-corrected chi connectivity index (χ1v) is 12.8. The summed E-state index contributed by atoms with van der Waals surface area (Å²) in [6.45, 7) is 1.58. The number of carbonyl (C=O) groups is 1. The normalized spacial score (nSPS) is 13.6. The number of nitrogens with one attached hydrogen (secondary N) is 2. The van der Waals surface area contributed by atoms with Crippen LogP contribution in [0.4, 0.5) is 5.95 Å². The predicted octanol–water partition coefficient (Wildman–Crippen LogP) is 3.97. The van der Waals surface area contributed by atoms with Crippen LogP contribution in [0.5, 0.6) is 11.5 Å². The van der Waals surface area contributed by atoms with Crippen molar-refractivity contribution in [2.75, 3.05) is 32.5 Å². The molecule has 1 saturated heterocycles. The minimum absolute atomic E-state index is 0.0186. The Morgan fingerprint density at radius 2 is 1.97 bits per heavy atom. The fourth-order valence-electron chi connectivity index (χ4n) is 3.69. The lowest BCUT2D eigenvalue weighted by atomic mass is 10.1. The monoisotopic (exact) mass is 559 g/mol. The lowest BCUT2D eigenvalue weighted by Gasteiger charge is -2.23. The van der Waals surface area contributed by atoms with Crippen molar-refractivity contribution in [2.45, 2.75) is 28.9 Å². The maximum absolute atomic E-state index is 12.8. The van der Waals surface area contributed by atoms with Crippen molar-refractivity contribution in [3.05, 3.63) is 45.9 Å². The van der Waals surface area contributed by atoms with E-state index in [-0.39, 0.29) is 46.1 Å². The smallest absolute Gasteiger partial charge is 0.251 e. The zero-order chi connectivity index (χ0) is 26.4. The summed E-state index contributed by atoms with van der Waals surface area (Å²) in [5, 5.41) is 16.0. The highest BCUT2D eigenvalue weighted by Crippen LogP contribution is 2.38. The number of benzene rings is 2. The molecule has 1 aliphatic heterocycles. The molecule has 10 nitrogen and oxygen atoms in total. The van der Waals surface area contributed by atoms with Crippen molar-refractivity contribution in [1.29, 1.82) is 5.26 Å². The van der Waals surface area contributed by atoms with Gasteiger partial charge in [0.2, 0.25) is 5.95 Å². The molecule has 2 heterocycles. The molecule has 0 unspecified atom stereocenters. The molecule has 37 heavy (non-hydrogen) atoms. The van der Waals surface area contributed by atoms with Gasteiger partial charge in [-0.3, -0.25) is 4.79 Å². The zero-order valence-electron chi connectivity index (χ0n) is 19.8. The van der Waals surface area contributed by atoms with Crippen LogP contribution < -0.4 is 25.8 Å². The molecule has 0 spiro atoms. The average molecular weight is 560 g/mol. The Labute approximate surface area is 227 Å². The molecule has 0 radical (unpaired) electrons. The van der Waals surface area contributed by atoms with Crippen LogP contribution in [-0.2, 0) is 0 Å². The van der Waals surface area contributed by atoms with Crippen molar-refractivity contribution in [2.24, 2.45) is 0 Å². The second-order valence-electron chi connectivity index (χ2n) is 7.97. The maximum Gasteiger partial charge on any atom is 0.251 e. The molecule has 0 atom stereocenters. The standard InChI is InChI=1S/C24H23Cl2N7O3S/c1-35-19-10-13(22(34)30-14-4-7-29-8-5-14)2-3-20(19)37-24-32-21(31-23(28)33-24)15-11-18(36-9-6-27)17(26)12-16(15)25/h2-3,10-12,14,29H,4-5,7-9H2,1H3,(H,30,34)(H2,28,31,32,33). The second kappa shape index (κ2) is 12.3. The number of ether oxygens (including phenoxy) is 2. The van der Waals surface area contributed by atoms with E-state index in [1.807, 2.05) is 6.07 Å². The van der Waals surface area contributed by atoms with Crippen LogP contribution in [0.1, 0.15) is 23.2 Å². The highest BCUT2D eigenvalue weighted by Gasteiger charge is 2.19. The summed E-state index contributed by atoms with van der Waals surface area (Å²) in [6, 6.07) is 10.2. The molecule has 4 rings (SSSR count). The molecule has 1 aromatic heterocycles. The Hall–Kier alpha value is -3.30. The summed E-state index contributed by atoms with van der Waals surface area (Å²) in [5.74, 6) is 0.779. The first-order chi connectivity index (χ1) is 17.9. The predicted molar refractivity (Wildman–Crippen MR) is 141 cm³/mol. The molecular weight excluding hydrogens is 537 g/mol. The topological polar surface area (TPSA) is 148 Å². The molecule has 1 amide bonds. The molecule has 3 aromatic rings. The van der Waals surface area contributed by atoms with E-state index in [0.29, 0.717) is 26.9 Å². The van der Waals surface area contributed by atoms with Gasteiger partial charge in [-0.2, -0.15) is 15.2 Å². The number of rotatable bonds is 8. The largest absolute Gasteiger partial charge is 0.496 e. The molecule has 2 aromatic carbocycles. The lowest BCUT2D eigenvalue weighted by Crippen LogP contribution is -2.42. The number of anilines is 1. The van der Waals surface area contributed by atoms with E-state index in [1.165, 1.54) is 24.9 Å². The van der Waals surface area contributed by atoms with E-state index in [9.17, 15) is 4.79 Å². The maximum atomic E-state index is 12.8. The van der Waals surface area contributed by atoms with E-state index in [0.717, 1.165) is 25.9 Å². The summed E-state index contributed by atoms with van der Waals surface area (Å²) >= 11 is 13.8. The Morgan fingerprint density at radius 3 is 2.70 bits per heavy atom. The van der Waals surface area contributed by atoms with Crippen molar-refractivity contribution >= 4 is 46.8 Å². The number of nitrogens with zero attached hydrogens (tertiary/aromatic N) is 4. The van der Waals surface area contributed by atoms with Gasteiger partial charge in [0.25, 0.3) is 5.91 Å². The Morgan fingerprint density at radius 1 is 1.19 bits per heavy atom. The molecule has 1 fully saturated rings. The first kappa shape index (κ1) is 26.8. The first-order valence-electron chi connectivity index (χ1n) is 11.3. The molecule has 13 heteroatoms. The molecule has 0 saturated carbocycles. The lowest BCUT2D eigenvalue weighted by molar-refractivity contribution is 0.0929. The van der Waals surface area contributed by atoms with Gasteiger partial charge < -0.3 is 25.8 Å². The van der Waals surface area contributed by atoms with E-state index < -0.39 is 0 Å². The minimum Gasteiger partial charge on any atom is -0.496 e. The van der Waals surface area contributed by atoms with Crippen molar-refractivity contribution in [3.8, 4) is 29.0 Å². The summed E-state index contributed by atoms with van der Waals surface area (Å²) in [7, 11) is 1.53. The third kappa shape index (κ3) is 6.72. The summed E-state index contributed by atoms with van der Waals surface area (Å²) < 4.78 is 10.9. The molecule has 4 N–H and O–H groups in total. The SMILES string of the molecule is COc1cc(C(=O)NC2CCNCC2)ccc1Sc1nc(N)nc(-c2cc(OCC#N)c(Cl)cc2Cl)n1. The van der Waals surface area contributed by atoms with Crippen LogP contribution in [-0.4, -0.2) is 53.7 Å². The Kier molecular flexibility index (Phi) is 8.89. The Bertz CT molecular complexity index is 1350. The van der Waals surface area contributed by atoms with Crippen LogP contribution in [0.2, 0.25) is 10.0 Å². The van der Waals surface area contributed by atoms with E-state index in [1.54, 1.807) is 24.3 Å². The van der Waals surface area contributed by atoms with E-state index in [4.69, 9.17) is 43.7 Å². The van der Waals surface area contributed by atoms with Crippen molar-refractivity contribution < 1.29 is 14.3 Å². The number of aromatic nitrogens is 3. The number of carbonyl (C=O) groups excluding carboxylic acids is 1. The van der Waals surface area contributed by atoms with E-state index >= 15 is 0 Å². The summed E-state index contributed by atoms with van der Waals surface area (Å²) in [6.07, 6.45) is 1.78. The number of halogens is 2. The fourth-order valence-corrected chi connectivity index (χ4v) is 5.05. The number of methoxy groups -OCH3 is 1. The third-order valence-electron chi connectivity index (χ3n) is 5.49.